The number of hydrogen-bond donors (Lipinski definition) is 0. The molecule has 0 spiro atoms. The van der Waals surface area contributed by atoms with E-state index in [1.165, 1.54) is 0 Å². The van der Waals surface area contributed by atoms with Gasteiger partial charge in [0.2, 0.25) is 0 Å². The van der Waals surface area contributed by atoms with Crippen molar-refractivity contribution in [3.63, 3.8) is 0 Å². The molecule has 138 valence electrons. The topological polar surface area (TPSA) is 56.8 Å². The predicted octanol–water partition coefficient (Wildman–Crippen LogP) is 6.27. The van der Waals surface area contributed by atoms with Crippen LogP contribution in [0.4, 0.5) is 8.78 Å². The van der Waals surface area contributed by atoms with Crippen molar-refractivity contribution in [3.05, 3.63) is 82.4 Å². The number of ether oxygens (including phenoxy) is 1. The van der Waals surface area contributed by atoms with Crippen molar-refractivity contribution in [1.29, 1.82) is 10.5 Å². The summed E-state index contributed by atoms with van der Waals surface area (Å²) in [7, 11) is 0. The molecule has 0 atom stereocenters. The van der Waals surface area contributed by atoms with Gasteiger partial charge in [-0.05, 0) is 37.6 Å². The maximum Gasteiger partial charge on any atom is 0.186 e. The molecule has 0 bridgehead atoms. The molecule has 3 aromatic carbocycles. The summed E-state index contributed by atoms with van der Waals surface area (Å²) in [5.74, 6) is -2.16. The lowest BCUT2D eigenvalue weighted by Gasteiger charge is -2.16. The molecule has 3 rings (SSSR count). The average molecular weight is 392 g/mol. The molecule has 0 heterocycles. The lowest BCUT2D eigenvalue weighted by atomic mass is 10.1. The molecule has 0 unspecified atom stereocenters. The molecular formula is C22H14F2N2OS. The van der Waals surface area contributed by atoms with Gasteiger partial charge in [0.05, 0.1) is 4.90 Å². The summed E-state index contributed by atoms with van der Waals surface area (Å²) in [6.45, 7) is 3.79. The van der Waals surface area contributed by atoms with Crippen molar-refractivity contribution < 1.29 is 13.5 Å². The number of para-hydroxylation sites is 1. The molecule has 0 amide bonds. The van der Waals surface area contributed by atoms with E-state index in [1.54, 1.807) is 48.5 Å². The second kappa shape index (κ2) is 8.12. The van der Waals surface area contributed by atoms with Gasteiger partial charge in [-0.3, -0.25) is 0 Å². The van der Waals surface area contributed by atoms with Crippen LogP contribution in [-0.4, -0.2) is 0 Å². The van der Waals surface area contributed by atoms with E-state index in [0.29, 0.717) is 4.90 Å². The van der Waals surface area contributed by atoms with Gasteiger partial charge in [0.25, 0.3) is 0 Å². The van der Waals surface area contributed by atoms with E-state index in [2.05, 4.69) is 0 Å². The quantitative estimate of drug-likeness (QED) is 0.525. The Labute approximate surface area is 165 Å². The Kier molecular flexibility index (Phi) is 5.63. The molecule has 6 heteroatoms. The SMILES string of the molecule is Cc1ccc(Sc2c(F)c(C#N)c(C#N)c(F)c2Oc2ccccc2)c(C)c1. The minimum Gasteiger partial charge on any atom is -0.453 e. The van der Waals surface area contributed by atoms with E-state index >= 15 is 8.78 Å². The van der Waals surface area contributed by atoms with Crippen molar-refractivity contribution in [2.75, 3.05) is 0 Å². The van der Waals surface area contributed by atoms with Crippen LogP contribution in [0.2, 0.25) is 0 Å². The second-order valence-electron chi connectivity index (χ2n) is 6.05. The van der Waals surface area contributed by atoms with E-state index in [-0.39, 0.29) is 10.6 Å². The highest BCUT2D eigenvalue weighted by Crippen LogP contribution is 2.44. The number of rotatable bonds is 4. The Bertz CT molecular complexity index is 1130. The van der Waals surface area contributed by atoms with Crippen LogP contribution in [0.1, 0.15) is 22.3 Å². The van der Waals surface area contributed by atoms with Gasteiger partial charge in [-0.25, -0.2) is 8.78 Å². The third-order valence-electron chi connectivity index (χ3n) is 4.02. The van der Waals surface area contributed by atoms with Crippen LogP contribution in [0.15, 0.2) is 58.3 Å². The number of hydrogen-bond acceptors (Lipinski definition) is 4. The molecular weight excluding hydrogens is 378 g/mol. The van der Waals surface area contributed by atoms with Crippen LogP contribution < -0.4 is 4.74 Å². The minimum absolute atomic E-state index is 0.177. The zero-order chi connectivity index (χ0) is 20.3. The Hall–Kier alpha value is -3.35. The maximum atomic E-state index is 15.1. The molecule has 0 aliphatic rings. The minimum atomic E-state index is -1.06. The second-order valence-corrected chi connectivity index (χ2v) is 7.10. The van der Waals surface area contributed by atoms with E-state index in [9.17, 15) is 10.5 Å². The molecule has 0 aliphatic carbocycles. The molecule has 0 aliphatic heterocycles. The summed E-state index contributed by atoms with van der Waals surface area (Å²) >= 11 is 0.958. The van der Waals surface area contributed by atoms with Crippen LogP contribution in [0.25, 0.3) is 0 Å². The molecule has 3 nitrogen and oxygen atoms in total. The van der Waals surface area contributed by atoms with Gasteiger partial charge in [-0.15, -0.1) is 0 Å². The number of nitriles is 2. The fraction of sp³-hybridized carbons (Fsp3) is 0.0909. The standard InChI is InChI=1S/C22H14F2N2OS/c1-13-8-9-18(14(2)10-13)28-22-20(24)17(12-26)16(11-25)19(23)21(22)27-15-6-4-3-5-7-15/h3-10H,1-2H3. The molecule has 0 N–H and O–H groups in total. The summed E-state index contributed by atoms with van der Waals surface area (Å²) < 4.78 is 35.8. The van der Waals surface area contributed by atoms with Crippen molar-refractivity contribution in [2.24, 2.45) is 0 Å². The zero-order valence-corrected chi connectivity index (χ0v) is 15.9. The van der Waals surface area contributed by atoms with E-state index in [0.717, 1.165) is 22.9 Å². The van der Waals surface area contributed by atoms with E-state index in [4.69, 9.17) is 4.74 Å². The normalized spacial score (nSPS) is 10.2. The average Bonchev–Trinajstić information content (AvgIpc) is 2.69. The van der Waals surface area contributed by atoms with E-state index in [1.807, 2.05) is 26.0 Å². The van der Waals surface area contributed by atoms with Gasteiger partial charge in [0.1, 0.15) is 29.0 Å². The monoisotopic (exact) mass is 392 g/mol. The van der Waals surface area contributed by atoms with Crippen LogP contribution in [0, 0.1) is 48.1 Å². The van der Waals surface area contributed by atoms with Crippen molar-refractivity contribution in [2.45, 2.75) is 23.6 Å². The highest BCUT2D eigenvalue weighted by atomic mass is 32.2. The highest BCUT2D eigenvalue weighted by molar-refractivity contribution is 7.99. The number of benzene rings is 3. The predicted molar refractivity (Wildman–Crippen MR) is 102 cm³/mol. The van der Waals surface area contributed by atoms with Gasteiger partial charge in [0.15, 0.2) is 17.4 Å². The number of aryl methyl sites for hydroxylation is 2. The van der Waals surface area contributed by atoms with Crippen molar-refractivity contribution >= 4 is 11.8 Å². The fourth-order valence-electron chi connectivity index (χ4n) is 2.67. The summed E-state index contributed by atoms with van der Waals surface area (Å²) in [6.07, 6.45) is 0. The lowest BCUT2D eigenvalue weighted by molar-refractivity contribution is 0.418. The Morgan fingerprint density at radius 3 is 2.14 bits per heavy atom. The van der Waals surface area contributed by atoms with Gasteiger partial charge in [-0.2, -0.15) is 10.5 Å². The molecule has 0 aromatic heterocycles. The summed E-state index contributed by atoms with van der Waals surface area (Å²) in [5, 5.41) is 18.5. The smallest absolute Gasteiger partial charge is 0.186 e. The molecule has 3 aromatic rings. The van der Waals surface area contributed by atoms with Crippen LogP contribution >= 0.6 is 11.8 Å². The van der Waals surface area contributed by atoms with Crippen LogP contribution in [0.5, 0.6) is 11.5 Å². The fourth-order valence-corrected chi connectivity index (χ4v) is 3.66. The van der Waals surface area contributed by atoms with Crippen LogP contribution in [0.3, 0.4) is 0 Å². The van der Waals surface area contributed by atoms with Gasteiger partial charge >= 0.3 is 0 Å². The Morgan fingerprint density at radius 1 is 0.893 bits per heavy atom. The number of nitrogens with zero attached hydrogens (tertiary/aromatic N) is 2. The first-order valence-corrected chi connectivity index (χ1v) is 9.11. The Balaban J connectivity index is 2.22. The largest absolute Gasteiger partial charge is 0.453 e. The van der Waals surface area contributed by atoms with E-state index < -0.39 is 28.5 Å². The molecule has 0 radical (unpaired) electrons. The highest BCUT2D eigenvalue weighted by Gasteiger charge is 2.27. The van der Waals surface area contributed by atoms with Crippen molar-refractivity contribution in [1.82, 2.24) is 0 Å². The van der Waals surface area contributed by atoms with Crippen molar-refractivity contribution in [3.8, 4) is 23.6 Å². The first-order chi connectivity index (χ1) is 13.5. The summed E-state index contributed by atoms with van der Waals surface area (Å²) in [4.78, 5) is 0.513. The third-order valence-corrected chi connectivity index (χ3v) is 5.27. The molecule has 0 saturated carbocycles. The Morgan fingerprint density at radius 2 is 1.54 bits per heavy atom. The first-order valence-electron chi connectivity index (χ1n) is 8.29. The summed E-state index contributed by atoms with van der Waals surface area (Å²) in [5.41, 5.74) is 0.605. The van der Waals surface area contributed by atoms with Gasteiger partial charge < -0.3 is 4.74 Å². The van der Waals surface area contributed by atoms with Crippen LogP contribution in [-0.2, 0) is 0 Å². The van der Waals surface area contributed by atoms with Gasteiger partial charge in [-0.1, -0.05) is 47.7 Å². The molecule has 0 fully saturated rings. The van der Waals surface area contributed by atoms with Gasteiger partial charge in [0, 0.05) is 4.90 Å². The third kappa shape index (κ3) is 3.69. The maximum absolute atomic E-state index is 15.1. The summed E-state index contributed by atoms with van der Waals surface area (Å²) in [6, 6.07) is 17.0. The zero-order valence-electron chi connectivity index (χ0n) is 15.1. The molecule has 28 heavy (non-hydrogen) atoms. The first kappa shape index (κ1) is 19.4. The molecule has 0 saturated heterocycles. The number of halogens is 2. The lowest BCUT2D eigenvalue weighted by Crippen LogP contribution is -2.03.